The highest BCUT2D eigenvalue weighted by Gasteiger charge is 2.73. The van der Waals surface area contributed by atoms with Gasteiger partial charge in [0.15, 0.2) is 0 Å². The fourth-order valence-corrected chi connectivity index (χ4v) is 12.9. The number of benzene rings is 8. The predicted molar refractivity (Wildman–Crippen MR) is 399 cm³/mol. The van der Waals surface area contributed by atoms with E-state index in [2.05, 4.69) is 46.3 Å². The first-order valence-corrected chi connectivity index (χ1v) is 37.0. The Balaban J connectivity index is 0.000000148. The van der Waals surface area contributed by atoms with Crippen LogP contribution >= 0.6 is 0 Å². The minimum absolute atomic E-state index is 0.0156. The van der Waals surface area contributed by atoms with Crippen molar-refractivity contribution in [3.05, 3.63) is 235 Å². The van der Waals surface area contributed by atoms with Crippen LogP contribution < -0.4 is 37.9 Å². The van der Waals surface area contributed by atoms with Gasteiger partial charge in [0.25, 0.3) is 11.6 Å². The number of alkyl halides is 17. The van der Waals surface area contributed by atoms with Crippen molar-refractivity contribution in [2.75, 3.05) is 33.0 Å². The summed E-state index contributed by atoms with van der Waals surface area (Å²) in [5, 5.41) is 0. The Bertz CT molecular complexity index is 4670. The molecule has 0 bridgehead atoms. The van der Waals surface area contributed by atoms with Crippen molar-refractivity contribution in [2.24, 2.45) is 23.7 Å². The molecule has 0 saturated carbocycles. The highest BCUT2D eigenvalue weighted by molar-refractivity contribution is 5.48. The first kappa shape index (κ1) is 87.9. The molecule has 8 aliphatic rings. The zero-order chi connectivity index (χ0) is 83.7. The third-order valence-electron chi connectivity index (χ3n) is 20.3. The molecule has 9 atom stereocenters. The maximum absolute atomic E-state index is 13.7. The van der Waals surface area contributed by atoms with E-state index in [9.17, 15) is 74.6 Å². The fourth-order valence-electron chi connectivity index (χ4n) is 12.9. The minimum Gasteiger partial charge on any atom is -0.493 e. The standard InChI is InChI=1S/C11H9F5O.2C11H11F3O.2C11H12F2O.2C11H13FO.C11H14O/c1-6-3-4-7-8(5-6)17-11(15,16)9(2,12)10(7,13)14;1-7-3-4-8-9(5-7)15-6-10(2,12)11(8,13)14;1-7-3-4-8-6-10(2,12)11(13,14)15-9(8)5-7;1-7-3-4-9-10(5-7)14-6-8(2)11(9,12)13;1-7-3-4-9-6-8(2)11(12,13)14-10(9)5-7;1-8-3-4-9-6-11(2,12)7-13-10(9)5-8;1-7-3-4-9-10(5-7)13-6-8(2)11(9)12;1-8-3-4-10-5-9(2)7-12-11(10)6-8/h3-5H,1-2H3;2*3-5H,6H2,1-2H3;2*3-5,8H,6H2,1-2H3;3-5H,6-7H2,1-2H3;3-5,8,11H,6H2,1-2H3;3-4,6,9H,5,7H2,1-2H3. The van der Waals surface area contributed by atoms with Crippen LogP contribution in [0.4, 0.5) is 74.6 Å². The second kappa shape index (κ2) is 33.4. The molecule has 113 heavy (non-hydrogen) atoms. The van der Waals surface area contributed by atoms with Crippen LogP contribution in [0.25, 0.3) is 0 Å². The maximum Gasteiger partial charge on any atom is 0.439 e. The third kappa shape index (κ3) is 20.0. The zero-order valence-corrected chi connectivity index (χ0v) is 65.8. The molecule has 8 heterocycles. The molecule has 0 aliphatic carbocycles. The van der Waals surface area contributed by atoms with Crippen molar-refractivity contribution in [3.8, 4) is 46.0 Å². The Labute approximate surface area is 648 Å². The van der Waals surface area contributed by atoms with Crippen molar-refractivity contribution < 1.29 is 113 Å². The van der Waals surface area contributed by atoms with Crippen LogP contribution in [0.3, 0.4) is 0 Å². The second-order valence-electron chi connectivity index (χ2n) is 31.5. The van der Waals surface area contributed by atoms with Crippen LogP contribution in [0.1, 0.15) is 151 Å². The lowest BCUT2D eigenvalue weighted by molar-refractivity contribution is -0.335. The Hall–Kier alpha value is -9.03. The molecular weight excluding hydrogens is 1510 g/mol. The monoisotopic (exact) mass is 1600 g/mol. The average Bonchev–Trinajstić information content (AvgIpc) is 0.728. The van der Waals surface area contributed by atoms with Crippen molar-refractivity contribution in [1.82, 2.24) is 0 Å². The lowest BCUT2D eigenvalue weighted by atomic mass is 9.88. The van der Waals surface area contributed by atoms with Crippen LogP contribution in [0.2, 0.25) is 0 Å². The zero-order valence-electron chi connectivity index (χ0n) is 65.8. The molecule has 0 amide bonds. The van der Waals surface area contributed by atoms with E-state index in [0.717, 1.165) is 95.0 Å². The molecule has 0 saturated heterocycles. The fraction of sp³-hybridized carbons (Fsp3) is 0.455. The molecule has 0 radical (unpaired) electrons. The summed E-state index contributed by atoms with van der Waals surface area (Å²) in [5.41, 5.74) is 0.112. The van der Waals surface area contributed by atoms with Gasteiger partial charge < -0.3 is 37.9 Å². The van der Waals surface area contributed by atoms with E-state index in [1.807, 2.05) is 83.1 Å². The van der Waals surface area contributed by atoms with Gasteiger partial charge in [-0.2, -0.15) is 43.9 Å². The summed E-state index contributed by atoms with van der Waals surface area (Å²) in [6, 6.07) is 40.6. The van der Waals surface area contributed by atoms with Gasteiger partial charge in [0.05, 0.1) is 48.3 Å². The minimum atomic E-state index is -4.57. The van der Waals surface area contributed by atoms with Gasteiger partial charge >= 0.3 is 30.2 Å². The van der Waals surface area contributed by atoms with Gasteiger partial charge in [-0.3, -0.25) is 0 Å². The third-order valence-corrected chi connectivity index (χ3v) is 20.3. The van der Waals surface area contributed by atoms with E-state index in [-0.39, 0.29) is 55.1 Å². The van der Waals surface area contributed by atoms with E-state index in [1.54, 1.807) is 51.1 Å². The molecule has 0 spiro atoms. The Morgan fingerprint density at radius 3 is 1.27 bits per heavy atom. The first-order valence-electron chi connectivity index (χ1n) is 37.0. The van der Waals surface area contributed by atoms with Crippen molar-refractivity contribution in [3.63, 3.8) is 0 Å². The Morgan fingerprint density at radius 2 is 0.717 bits per heavy atom. The highest BCUT2D eigenvalue weighted by Crippen LogP contribution is 2.57. The maximum atomic E-state index is 13.7. The molecule has 25 heteroatoms. The van der Waals surface area contributed by atoms with Gasteiger partial charge in [-0.05, 0) is 235 Å². The number of aryl methyl sites for hydroxylation is 8. The summed E-state index contributed by atoms with van der Waals surface area (Å²) in [6.07, 6.45) is -10.5. The van der Waals surface area contributed by atoms with E-state index in [4.69, 9.17) is 23.7 Å². The largest absolute Gasteiger partial charge is 0.493 e. The topological polar surface area (TPSA) is 73.8 Å². The molecule has 8 aliphatic heterocycles. The van der Waals surface area contributed by atoms with Crippen molar-refractivity contribution in [1.29, 1.82) is 0 Å². The number of rotatable bonds is 0. The molecule has 8 nitrogen and oxygen atoms in total. The van der Waals surface area contributed by atoms with Gasteiger partial charge in [-0.15, -0.1) is 0 Å². The number of hydrogen-bond acceptors (Lipinski definition) is 8. The van der Waals surface area contributed by atoms with E-state index in [1.165, 1.54) is 68.3 Å². The van der Waals surface area contributed by atoms with Crippen LogP contribution in [-0.4, -0.2) is 74.0 Å². The van der Waals surface area contributed by atoms with E-state index < -0.39 is 94.7 Å². The van der Waals surface area contributed by atoms with Crippen LogP contribution in [0, 0.1) is 79.1 Å². The molecule has 614 valence electrons. The number of hydrogen-bond donors (Lipinski definition) is 0. The normalized spacial score (nSPS) is 26.1. The molecule has 16 rings (SSSR count). The summed E-state index contributed by atoms with van der Waals surface area (Å²) < 4.78 is 269. The van der Waals surface area contributed by atoms with E-state index in [0.29, 0.717) is 59.3 Å². The predicted octanol–water partition coefficient (Wildman–Crippen LogP) is 24.8. The first-order chi connectivity index (χ1) is 52.3. The molecule has 8 aromatic rings. The number of halogens is 17. The summed E-state index contributed by atoms with van der Waals surface area (Å²) in [7, 11) is 0. The summed E-state index contributed by atoms with van der Waals surface area (Å²) in [5.74, 6) is -8.66. The second-order valence-corrected chi connectivity index (χ2v) is 31.5. The summed E-state index contributed by atoms with van der Waals surface area (Å²) in [4.78, 5) is 0. The van der Waals surface area contributed by atoms with Gasteiger partial charge in [0, 0.05) is 24.3 Å². The number of fused-ring (bicyclic) bond motifs is 8. The molecule has 0 N–H and O–H groups in total. The Kier molecular flexibility index (Phi) is 26.0. The van der Waals surface area contributed by atoms with Gasteiger partial charge in [-0.1, -0.05) is 107 Å². The van der Waals surface area contributed by atoms with Crippen molar-refractivity contribution >= 4 is 0 Å². The lowest BCUT2D eigenvalue weighted by Gasteiger charge is -2.40. The van der Waals surface area contributed by atoms with Gasteiger partial charge in [0.1, 0.15) is 71.1 Å². The smallest absolute Gasteiger partial charge is 0.439 e. The van der Waals surface area contributed by atoms with Crippen LogP contribution in [0.5, 0.6) is 46.0 Å². The highest BCUT2D eigenvalue weighted by atomic mass is 19.3. The quantitative estimate of drug-likeness (QED) is 0.139. The van der Waals surface area contributed by atoms with Crippen molar-refractivity contribution in [2.45, 2.75) is 201 Å². The molecule has 9 unspecified atom stereocenters. The summed E-state index contributed by atoms with van der Waals surface area (Å²) >= 11 is 0. The van der Waals surface area contributed by atoms with Gasteiger partial charge in [0.2, 0.25) is 11.3 Å². The van der Waals surface area contributed by atoms with E-state index >= 15 is 0 Å². The number of ether oxygens (including phenoxy) is 8. The Morgan fingerprint density at radius 1 is 0.327 bits per heavy atom. The average molecular weight is 1600 g/mol. The molecule has 8 aromatic carbocycles. The SMILES string of the molecule is Cc1ccc2c(c1)OC(F)(F)C(C)(F)C2.Cc1ccc2c(c1)OC(F)(F)C(C)(F)C2(F)F.Cc1ccc2c(c1)OC(F)(F)C(C)C2.Cc1ccc2c(c1)OCC(C)(F)C2.Cc1ccc2c(c1)OCC(C)(F)C2(F)F.Cc1ccc2c(c1)OCC(C)C2.Cc1ccc2c(c1)OCC(C)C2(F)F.Cc1ccc2c(c1)OCC(C)C2F. The summed E-state index contributed by atoms with van der Waals surface area (Å²) in [6.45, 7) is 26.4. The molecule has 0 aromatic heterocycles. The van der Waals surface area contributed by atoms with Crippen LogP contribution in [0.15, 0.2) is 146 Å². The molecular formula is C88H95F17O8. The molecule has 0 fully saturated rings. The van der Waals surface area contributed by atoms with Gasteiger partial charge in [-0.25, -0.2) is 30.7 Å². The van der Waals surface area contributed by atoms with Crippen LogP contribution in [-0.2, 0) is 43.5 Å². The lowest BCUT2D eigenvalue weighted by Crippen LogP contribution is -2.59.